The quantitative estimate of drug-likeness (QED) is 0.764. The summed E-state index contributed by atoms with van der Waals surface area (Å²) in [6, 6.07) is 8.65. The van der Waals surface area contributed by atoms with E-state index in [-0.39, 0.29) is 18.1 Å². The van der Waals surface area contributed by atoms with E-state index in [9.17, 15) is 9.18 Å². The van der Waals surface area contributed by atoms with Gasteiger partial charge >= 0.3 is 0 Å². The van der Waals surface area contributed by atoms with E-state index in [1.54, 1.807) is 31.3 Å². The third kappa shape index (κ3) is 3.63. The van der Waals surface area contributed by atoms with Crippen LogP contribution in [-0.4, -0.2) is 26.7 Å². The maximum absolute atomic E-state index is 14.4. The molecule has 3 rings (SSSR count). The van der Waals surface area contributed by atoms with Crippen molar-refractivity contribution in [1.82, 2.24) is 0 Å². The monoisotopic (exact) mass is 407 g/mol. The normalized spacial score (nSPS) is 13.4. The van der Waals surface area contributed by atoms with E-state index in [1.165, 1.54) is 6.07 Å². The topological polar surface area (TPSA) is 38.8 Å². The summed E-state index contributed by atoms with van der Waals surface area (Å²) in [5.41, 5.74) is 2.06. The lowest BCUT2D eigenvalue weighted by Crippen LogP contribution is -2.37. The van der Waals surface area contributed by atoms with Gasteiger partial charge in [-0.25, -0.2) is 4.39 Å². The number of fused-ring (bicyclic) bond motifs is 1. The lowest BCUT2D eigenvalue weighted by Gasteiger charge is -2.30. The van der Waals surface area contributed by atoms with Crippen molar-refractivity contribution in [1.29, 1.82) is 0 Å². The first-order chi connectivity index (χ1) is 12.0. The fourth-order valence-corrected chi connectivity index (χ4v) is 3.64. The smallest absolute Gasteiger partial charge is 0.231 e. The third-order valence-electron chi connectivity index (χ3n) is 4.31. The van der Waals surface area contributed by atoms with E-state index in [0.717, 1.165) is 24.0 Å². The molecule has 0 saturated carbocycles. The number of carbonyl (C=O) groups excluding carboxylic acids is 1. The Bertz CT molecular complexity index is 809. The van der Waals surface area contributed by atoms with E-state index >= 15 is 0 Å². The molecule has 1 heterocycles. The molecule has 0 aliphatic carbocycles. The second-order valence-electron chi connectivity index (χ2n) is 5.91. The first-order valence-corrected chi connectivity index (χ1v) is 8.82. The minimum absolute atomic E-state index is 0.130. The second-order valence-corrected chi connectivity index (χ2v) is 6.83. The Hall–Kier alpha value is -2.08. The molecule has 25 heavy (non-hydrogen) atoms. The van der Waals surface area contributed by atoms with Crippen LogP contribution >= 0.6 is 15.9 Å². The van der Waals surface area contributed by atoms with Crippen molar-refractivity contribution in [3.05, 3.63) is 51.7 Å². The number of hydrogen-bond donors (Lipinski definition) is 0. The molecule has 6 heteroatoms. The van der Waals surface area contributed by atoms with E-state index in [2.05, 4.69) is 15.9 Å². The Morgan fingerprint density at radius 2 is 1.96 bits per heavy atom. The van der Waals surface area contributed by atoms with Gasteiger partial charge < -0.3 is 14.4 Å². The molecule has 1 aliphatic heterocycles. The molecule has 1 aliphatic rings. The molecule has 2 aromatic carbocycles. The molecule has 4 nitrogen and oxygen atoms in total. The summed E-state index contributed by atoms with van der Waals surface area (Å²) in [6.07, 6.45) is 1.77. The lowest BCUT2D eigenvalue weighted by molar-refractivity contribution is -0.118. The van der Waals surface area contributed by atoms with Gasteiger partial charge in [0, 0.05) is 11.0 Å². The molecule has 0 bridgehead atoms. The second kappa shape index (κ2) is 7.44. The summed E-state index contributed by atoms with van der Waals surface area (Å²) < 4.78 is 25.6. The van der Waals surface area contributed by atoms with Crippen LogP contribution < -0.4 is 14.4 Å². The number of amides is 1. The van der Waals surface area contributed by atoms with Crippen LogP contribution in [0.5, 0.6) is 11.5 Å². The third-order valence-corrected chi connectivity index (χ3v) is 4.77. The number of aryl methyl sites for hydroxylation is 1. The molecular weight excluding hydrogens is 389 g/mol. The van der Waals surface area contributed by atoms with Gasteiger partial charge in [0.2, 0.25) is 5.91 Å². The first kappa shape index (κ1) is 17.7. The van der Waals surface area contributed by atoms with Gasteiger partial charge in [0.05, 0.1) is 26.3 Å². The zero-order valence-electron chi connectivity index (χ0n) is 14.1. The molecule has 0 unspecified atom stereocenters. The number of carbonyl (C=O) groups is 1. The summed E-state index contributed by atoms with van der Waals surface area (Å²) in [7, 11) is 3.12. The van der Waals surface area contributed by atoms with Crippen molar-refractivity contribution in [3.63, 3.8) is 0 Å². The molecule has 0 fully saturated rings. The van der Waals surface area contributed by atoms with Crippen LogP contribution in [-0.2, 0) is 17.6 Å². The van der Waals surface area contributed by atoms with Crippen LogP contribution in [0, 0.1) is 5.82 Å². The fourth-order valence-electron chi connectivity index (χ4n) is 3.16. The number of rotatable bonds is 4. The van der Waals surface area contributed by atoms with Crippen LogP contribution in [0.4, 0.5) is 10.1 Å². The number of ether oxygens (including phenoxy) is 2. The predicted molar refractivity (Wildman–Crippen MR) is 98.0 cm³/mol. The van der Waals surface area contributed by atoms with Gasteiger partial charge in [0.25, 0.3) is 0 Å². The average molecular weight is 408 g/mol. The van der Waals surface area contributed by atoms with Crippen LogP contribution in [0.1, 0.15) is 17.5 Å². The SMILES string of the molecule is COc1ccc(CC(=O)N2CCCc3cc(Br)cc(F)c32)cc1OC. The highest BCUT2D eigenvalue weighted by molar-refractivity contribution is 9.10. The fraction of sp³-hybridized carbons (Fsp3) is 0.316. The van der Waals surface area contributed by atoms with Crippen LogP contribution in [0.15, 0.2) is 34.8 Å². The Labute approximate surface area is 154 Å². The number of nitrogens with zero attached hydrogens (tertiary/aromatic N) is 1. The van der Waals surface area contributed by atoms with Gasteiger partial charge in [0.15, 0.2) is 11.5 Å². The van der Waals surface area contributed by atoms with E-state index in [4.69, 9.17) is 9.47 Å². The van der Waals surface area contributed by atoms with E-state index in [0.29, 0.717) is 28.2 Å². The Balaban J connectivity index is 1.86. The summed E-state index contributed by atoms with van der Waals surface area (Å²) >= 11 is 3.31. The van der Waals surface area contributed by atoms with Gasteiger partial charge in [-0.2, -0.15) is 0 Å². The number of halogens is 2. The van der Waals surface area contributed by atoms with Gasteiger partial charge in [-0.1, -0.05) is 22.0 Å². The maximum atomic E-state index is 14.4. The van der Waals surface area contributed by atoms with Gasteiger partial charge in [-0.05, 0) is 48.2 Å². The molecule has 1 amide bonds. The predicted octanol–water partition coefficient (Wildman–Crippen LogP) is 4.13. The zero-order chi connectivity index (χ0) is 18.0. The van der Waals surface area contributed by atoms with Gasteiger partial charge in [-0.15, -0.1) is 0 Å². The Morgan fingerprint density at radius 1 is 1.20 bits per heavy atom. The van der Waals surface area contributed by atoms with Crippen molar-refractivity contribution in [2.75, 3.05) is 25.7 Å². The number of hydrogen-bond acceptors (Lipinski definition) is 3. The maximum Gasteiger partial charge on any atom is 0.231 e. The molecular formula is C19H19BrFNO3. The highest BCUT2D eigenvalue weighted by Crippen LogP contribution is 2.34. The summed E-state index contributed by atoms with van der Waals surface area (Å²) in [6.45, 7) is 0.525. The molecule has 132 valence electrons. The van der Waals surface area contributed by atoms with Crippen molar-refractivity contribution in [2.45, 2.75) is 19.3 Å². The molecule has 0 N–H and O–H groups in total. The minimum Gasteiger partial charge on any atom is -0.493 e. The van der Waals surface area contributed by atoms with Crippen molar-refractivity contribution < 1.29 is 18.7 Å². The van der Waals surface area contributed by atoms with Crippen molar-refractivity contribution in [2.24, 2.45) is 0 Å². The molecule has 0 aromatic heterocycles. The van der Waals surface area contributed by atoms with Gasteiger partial charge in [-0.3, -0.25) is 4.79 Å². The van der Waals surface area contributed by atoms with Gasteiger partial charge in [0.1, 0.15) is 5.82 Å². The molecule has 0 saturated heterocycles. The average Bonchev–Trinajstić information content (AvgIpc) is 2.60. The first-order valence-electron chi connectivity index (χ1n) is 8.02. The lowest BCUT2D eigenvalue weighted by atomic mass is 10.00. The summed E-state index contributed by atoms with van der Waals surface area (Å²) in [5.74, 6) is 0.680. The number of benzene rings is 2. The van der Waals surface area contributed by atoms with Crippen molar-refractivity contribution >= 4 is 27.5 Å². The molecule has 0 spiro atoms. The van der Waals surface area contributed by atoms with Crippen LogP contribution in [0.2, 0.25) is 0 Å². The van der Waals surface area contributed by atoms with E-state index in [1.807, 2.05) is 12.1 Å². The van der Waals surface area contributed by atoms with Crippen LogP contribution in [0.3, 0.4) is 0 Å². The molecule has 0 atom stereocenters. The zero-order valence-corrected chi connectivity index (χ0v) is 15.7. The largest absolute Gasteiger partial charge is 0.493 e. The minimum atomic E-state index is -0.371. The van der Waals surface area contributed by atoms with E-state index < -0.39 is 0 Å². The highest BCUT2D eigenvalue weighted by Gasteiger charge is 2.26. The van der Waals surface area contributed by atoms with Crippen molar-refractivity contribution in [3.8, 4) is 11.5 Å². The van der Waals surface area contributed by atoms with Crippen LogP contribution in [0.25, 0.3) is 0 Å². The highest BCUT2D eigenvalue weighted by atomic mass is 79.9. The molecule has 0 radical (unpaired) electrons. The molecule has 2 aromatic rings. The Morgan fingerprint density at radius 3 is 2.68 bits per heavy atom. The number of methoxy groups -OCH3 is 2. The number of anilines is 1. The summed E-state index contributed by atoms with van der Waals surface area (Å²) in [4.78, 5) is 14.3. The Kier molecular flexibility index (Phi) is 5.27. The summed E-state index contributed by atoms with van der Waals surface area (Å²) in [5, 5.41) is 0. The standard InChI is InChI=1S/C19H19BrFNO3/c1-24-16-6-5-12(8-17(16)25-2)9-18(23)22-7-3-4-13-10-14(20)11-15(21)19(13)22/h5-6,8,10-11H,3-4,7,9H2,1-2H3.